The van der Waals surface area contributed by atoms with Crippen LogP contribution < -0.4 is 4.31 Å². The topological polar surface area (TPSA) is 93.9 Å². The van der Waals surface area contributed by atoms with Crippen LogP contribution in [0.1, 0.15) is 40.9 Å². The highest BCUT2D eigenvalue weighted by Gasteiger charge is 2.33. The first kappa shape index (κ1) is 25.2. The fourth-order valence-corrected chi connectivity index (χ4v) is 6.41. The summed E-state index contributed by atoms with van der Waals surface area (Å²) >= 11 is 0. The summed E-state index contributed by atoms with van der Waals surface area (Å²) in [5, 5.41) is 0.351. The quantitative estimate of drug-likeness (QED) is 0.301. The Balaban J connectivity index is 1.96. The van der Waals surface area contributed by atoms with Crippen molar-refractivity contribution in [3.05, 3.63) is 82.9 Å². The van der Waals surface area contributed by atoms with Crippen molar-refractivity contribution >= 4 is 38.6 Å². The molecule has 0 saturated carbocycles. The third kappa shape index (κ3) is 4.40. The van der Waals surface area contributed by atoms with Gasteiger partial charge in [0.2, 0.25) is 5.91 Å². The van der Waals surface area contributed by atoms with Crippen molar-refractivity contribution in [1.82, 2.24) is 0 Å². The van der Waals surface area contributed by atoms with Crippen LogP contribution in [0.2, 0.25) is 0 Å². The Hall–Kier alpha value is -3.91. The molecule has 1 aromatic heterocycles. The SMILES string of the molecule is CCOC(=O)c1c(-c2ccccc2)oc2ccc(N(C(C)=O)S(=O)(=O)c3c(C)cc(C)cc3C)cc12. The minimum atomic E-state index is -4.25. The van der Waals surface area contributed by atoms with Crippen LogP contribution in [-0.2, 0) is 19.6 Å². The second kappa shape index (κ2) is 9.62. The first-order chi connectivity index (χ1) is 17.1. The zero-order valence-electron chi connectivity index (χ0n) is 20.8. The van der Waals surface area contributed by atoms with Crippen LogP contribution in [0.5, 0.6) is 0 Å². The molecular weight excluding hydrogens is 478 g/mol. The number of carbonyl (C=O) groups excluding carboxylic acids is 2. The maximum absolute atomic E-state index is 13.8. The zero-order valence-corrected chi connectivity index (χ0v) is 21.6. The van der Waals surface area contributed by atoms with E-state index in [1.54, 1.807) is 51.1 Å². The number of sulfonamides is 1. The number of rotatable bonds is 6. The van der Waals surface area contributed by atoms with Gasteiger partial charge in [0.25, 0.3) is 10.0 Å². The molecule has 0 aliphatic carbocycles. The number of hydrogen-bond donors (Lipinski definition) is 0. The average Bonchev–Trinajstić information content (AvgIpc) is 3.17. The van der Waals surface area contributed by atoms with Crippen molar-refractivity contribution in [2.45, 2.75) is 39.5 Å². The van der Waals surface area contributed by atoms with Crippen LogP contribution in [0, 0.1) is 20.8 Å². The smallest absolute Gasteiger partial charge is 0.342 e. The summed E-state index contributed by atoms with van der Waals surface area (Å²) in [4.78, 5) is 25.8. The molecule has 36 heavy (non-hydrogen) atoms. The van der Waals surface area contributed by atoms with Crippen molar-refractivity contribution in [3.63, 3.8) is 0 Å². The molecule has 1 heterocycles. The van der Waals surface area contributed by atoms with Crippen LogP contribution >= 0.6 is 0 Å². The Labute approximate surface area is 210 Å². The lowest BCUT2D eigenvalue weighted by atomic mass is 10.1. The summed E-state index contributed by atoms with van der Waals surface area (Å²) in [5.74, 6) is -0.975. The van der Waals surface area contributed by atoms with Gasteiger partial charge in [0, 0.05) is 17.9 Å². The minimum absolute atomic E-state index is 0.0752. The zero-order chi connectivity index (χ0) is 26.2. The Morgan fingerprint density at radius 2 is 1.58 bits per heavy atom. The summed E-state index contributed by atoms with van der Waals surface area (Å²) < 4.78 is 39.7. The number of ether oxygens (including phenoxy) is 1. The molecule has 0 atom stereocenters. The van der Waals surface area contributed by atoms with E-state index in [0.717, 1.165) is 9.87 Å². The standard InChI is InChI=1S/C28H27NO6S/c1-6-34-28(31)25-23-16-22(12-13-24(23)35-26(25)21-10-8-7-9-11-21)29(20(5)30)36(32,33)27-18(3)14-17(2)15-19(27)4/h7-16H,6H2,1-5H3. The number of amides is 1. The number of aryl methyl sites for hydroxylation is 3. The maximum atomic E-state index is 13.8. The fraction of sp³-hybridized carbons (Fsp3) is 0.214. The van der Waals surface area contributed by atoms with Gasteiger partial charge < -0.3 is 9.15 Å². The molecule has 3 aromatic carbocycles. The second-order valence-corrected chi connectivity index (χ2v) is 10.3. The largest absolute Gasteiger partial charge is 0.462 e. The Kier molecular flexibility index (Phi) is 6.73. The molecule has 186 valence electrons. The fourth-order valence-electron chi connectivity index (χ4n) is 4.57. The number of furan rings is 1. The van der Waals surface area contributed by atoms with Crippen LogP contribution in [0.25, 0.3) is 22.3 Å². The first-order valence-electron chi connectivity index (χ1n) is 11.5. The van der Waals surface area contributed by atoms with Crippen LogP contribution in [-0.4, -0.2) is 26.9 Å². The summed E-state index contributed by atoms with van der Waals surface area (Å²) in [5.41, 5.74) is 3.31. The van der Waals surface area contributed by atoms with Gasteiger partial charge in [0.05, 0.1) is 17.2 Å². The molecule has 4 rings (SSSR count). The van der Waals surface area contributed by atoms with Gasteiger partial charge in [-0.25, -0.2) is 17.5 Å². The van der Waals surface area contributed by atoms with Crippen molar-refractivity contribution in [2.75, 3.05) is 10.9 Å². The van der Waals surface area contributed by atoms with Gasteiger partial charge in [-0.3, -0.25) is 4.79 Å². The van der Waals surface area contributed by atoms with E-state index in [0.29, 0.717) is 33.4 Å². The molecule has 0 N–H and O–H groups in total. The first-order valence-corrected chi connectivity index (χ1v) is 12.9. The van der Waals surface area contributed by atoms with E-state index >= 15 is 0 Å². The molecule has 0 fully saturated rings. The molecule has 4 aromatic rings. The van der Waals surface area contributed by atoms with Gasteiger partial charge in [0.1, 0.15) is 16.9 Å². The minimum Gasteiger partial charge on any atom is -0.462 e. The summed E-state index contributed by atoms with van der Waals surface area (Å²) in [6, 6.07) is 17.2. The third-order valence-electron chi connectivity index (χ3n) is 5.81. The van der Waals surface area contributed by atoms with E-state index < -0.39 is 21.9 Å². The van der Waals surface area contributed by atoms with E-state index in [1.807, 2.05) is 25.1 Å². The third-order valence-corrected chi connectivity index (χ3v) is 7.92. The summed E-state index contributed by atoms with van der Waals surface area (Å²) in [7, 11) is -4.25. The highest BCUT2D eigenvalue weighted by atomic mass is 32.2. The van der Waals surface area contributed by atoms with Gasteiger partial charge in [-0.15, -0.1) is 0 Å². The molecular formula is C28H27NO6S. The van der Waals surface area contributed by atoms with Crippen LogP contribution in [0.3, 0.4) is 0 Å². The second-order valence-electron chi connectivity index (χ2n) is 8.59. The predicted molar refractivity (Wildman–Crippen MR) is 139 cm³/mol. The molecule has 0 bridgehead atoms. The predicted octanol–water partition coefficient (Wildman–Crippen LogP) is 5.94. The van der Waals surface area contributed by atoms with Crippen molar-refractivity contribution in [1.29, 1.82) is 0 Å². The molecule has 0 aliphatic rings. The van der Waals surface area contributed by atoms with Gasteiger partial charge in [-0.1, -0.05) is 48.0 Å². The lowest BCUT2D eigenvalue weighted by molar-refractivity contribution is -0.115. The maximum Gasteiger partial charge on any atom is 0.342 e. The normalized spacial score (nSPS) is 11.5. The van der Waals surface area contributed by atoms with E-state index in [4.69, 9.17) is 9.15 Å². The lowest BCUT2D eigenvalue weighted by Gasteiger charge is -2.23. The van der Waals surface area contributed by atoms with Crippen molar-refractivity contribution in [2.24, 2.45) is 0 Å². The van der Waals surface area contributed by atoms with Crippen molar-refractivity contribution in [3.8, 4) is 11.3 Å². The Morgan fingerprint density at radius 3 is 2.17 bits per heavy atom. The van der Waals surface area contributed by atoms with E-state index in [-0.39, 0.29) is 22.8 Å². The lowest BCUT2D eigenvalue weighted by Crippen LogP contribution is -2.36. The number of fused-ring (bicyclic) bond motifs is 1. The summed E-state index contributed by atoms with van der Waals surface area (Å²) in [6.07, 6.45) is 0. The number of anilines is 1. The molecule has 0 radical (unpaired) electrons. The number of carbonyl (C=O) groups is 2. The monoisotopic (exact) mass is 505 g/mol. The van der Waals surface area contributed by atoms with Gasteiger partial charge in [-0.05, 0) is 57.0 Å². The molecule has 0 spiro atoms. The van der Waals surface area contributed by atoms with Gasteiger partial charge in [-0.2, -0.15) is 0 Å². The van der Waals surface area contributed by atoms with Gasteiger partial charge in [0.15, 0.2) is 0 Å². The van der Waals surface area contributed by atoms with Crippen LogP contribution in [0.4, 0.5) is 5.69 Å². The van der Waals surface area contributed by atoms with Crippen molar-refractivity contribution < 1.29 is 27.2 Å². The number of esters is 1. The molecule has 0 unspecified atom stereocenters. The van der Waals surface area contributed by atoms with E-state index in [1.165, 1.54) is 19.1 Å². The Bertz CT molecular complexity index is 1560. The Morgan fingerprint density at radius 1 is 0.944 bits per heavy atom. The molecule has 0 aliphatic heterocycles. The number of hydrogen-bond acceptors (Lipinski definition) is 6. The molecule has 0 saturated heterocycles. The highest BCUT2D eigenvalue weighted by Crippen LogP contribution is 2.38. The van der Waals surface area contributed by atoms with E-state index in [2.05, 4.69) is 0 Å². The molecule has 7 nitrogen and oxygen atoms in total. The number of nitrogens with zero attached hydrogens (tertiary/aromatic N) is 1. The molecule has 8 heteroatoms. The van der Waals surface area contributed by atoms with E-state index in [9.17, 15) is 18.0 Å². The highest BCUT2D eigenvalue weighted by molar-refractivity contribution is 7.93. The average molecular weight is 506 g/mol. The summed E-state index contributed by atoms with van der Waals surface area (Å²) in [6.45, 7) is 8.33. The van der Waals surface area contributed by atoms with Crippen LogP contribution in [0.15, 0.2) is 70.0 Å². The number of benzene rings is 3. The van der Waals surface area contributed by atoms with Gasteiger partial charge >= 0.3 is 5.97 Å². The molecule has 1 amide bonds.